The molecule has 1 saturated heterocycles. The summed E-state index contributed by atoms with van der Waals surface area (Å²) in [6.07, 6.45) is 0.773. The van der Waals surface area contributed by atoms with Gasteiger partial charge in [-0.05, 0) is 43.7 Å². The van der Waals surface area contributed by atoms with Crippen LogP contribution in [0, 0.1) is 6.92 Å². The molecule has 2 aliphatic rings. The number of carbonyl (C=O) groups is 3. The van der Waals surface area contributed by atoms with Gasteiger partial charge in [0.05, 0.1) is 24.6 Å². The van der Waals surface area contributed by atoms with Crippen LogP contribution in [0.3, 0.4) is 0 Å². The summed E-state index contributed by atoms with van der Waals surface area (Å²) in [4.78, 5) is 40.5. The minimum atomic E-state index is -1.27. The Kier molecular flexibility index (Phi) is 4.58. The first kappa shape index (κ1) is 18.5. The molecular formula is C20H20N2O5S. The minimum absolute atomic E-state index is 0.260. The zero-order chi connectivity index (χ0) is 19.9. The van der Waals surface area contributed by atoms with E-state index in [0.717, 1.165) is 16.2 Å². The lowest BCUT2D eigenvalue weighted by atomic mass is 9.91. The number of fused-ring (bicyclic) bond motifs is 1. The molecule has 2 aromatic rings. The molecule has 0 saturated carbocycles. The van der Waals surface area contributed by atoms with Gasteiger partial charge < -0.3 is 14.8 Å². The van der Waals surface area contributed by atoms with E-state index in [0.29, 0.717) is 35.2 Å². The summed E-state index contributed by atoms with van der Waals surface area (Å²) in [6.45, 7) is 4.33. The van der Waals surface area contributed by atoms with Crippen LogP contribution in [0.15, 0.2) is 30.3 Å². The van der Waals surface area contributed by atoms with Gasteiger partial charge in [-0.2, -0.15) is 0 Å². The Morgan fingerprint density at radius 1 is 1.18 bits per heavy atom. The van der Waals surface area contributed by atoms with Gasteiger partial charge in [-0.15, -0.1) is 11.3 Å². The Hall–Kier alpha value is -2.87. The molecule has 3 heterocycles. The average Bonchev–Trinajstić information content (AvgIpc) is 3.08. The van der Waals surface area contributed by atoms with Crippen LogP contribution in [0.5, 0.6) is 11.5 Å². The van der Waals surface area contributed by atoms with E-state index in [1.54, 1.807) is 31.2 Å². The molecule has 0 aliphatic carbocycles. The number of hydrogen-bond acceptors (Lipinski definition) is 6. The second-order valence-corrected chi connectivity index (χ2v) is 8.28. The maximum atomic E-state index is 13.1. The molecule has 1 fully saturated rings. The van der Waals surface area contributed by atoms with Crippen molar-refractivity contribution < 1.29 is 23.9 Å². The molecule has 3 amide bonds. The fraction of sp³-hybridized carbons (Fsp3) is 0.350. The Morgan fingerprint density at radius 3 is 2.64 bits per heavy atom. The Labute approximate surface area is 166 Å². The van der Waals surface area contributed by atoms with E-state index < -0.39 is 17.5 Å². The van der Waals surface area contributed by atoms with Crippen LogP contribution in [0.1, 0.15) is 33.5 Å². The molecule has 8 heteroatoms. The molecule has 2 aliphatic heterocycles. The number of thiophene rings is 1. The van der Waals surface area contributed by atoms with Gasteiger partial charge in [-0.3, -0.25) is 14.5 Å². The Morgan fingerprint density at radius 2 is 1.93 bits per heavy atom. The number of ketones is 1. The number of rotatable bonds is 4. The van der Waals surface area contributed by atoms with Crippen LogP contribution >= 0.6 is 11.3 Å². The van der Waals surface area contributed by atoms with Crippen LogP contribution in [-0.2, 0) is 10.3 Å². The van der Waals surface area contributed by atoms with Crippen LogP contribution in [-0.4, -0.2) is 42.4 Å². The summed E-state index contributed by atoms with van der Waals surface area (Å²) in [5.41, 5.74) is -0.690. The van der Waals surface area contributed by atoms with Crippen molar-refractivity contribution >= 4 is 29.1 Å². The van der Waals surface area contributed by atoms with E-state index in [4.69, 9.17) is 9.47 Å². The third-order valence-corrected chi connectivity index (χ3v) is 5.96. The largest absolute Gasteiger partial charge is 0.490 e. The molecule has 4 rings (SSSR count). The van der Waals surface area contributed by atoms with Crippen molar-refractivity contribution in [3.8, 4) is 11.5 Å². The number of aryl methyl sites for hydroxylation is 1. The van der Waals surface area contributed by atoms with Gasteiger partial charge >= 0.3 is 6.03 Å². The van der Waals surface area contributed by atoms with Crippen LogP contribution in [0.25, 0.3) is 0 Å². The number of nitrogens with one attached hydrogen (secondary N) is 1. The third kappa shape index (κ3) is 3.13. The van der Waals surface area contributed by atoms with Gasteiger partial charge in [-0.1, -0.05) is 6.07 Å². The van der Waals surface area contributed by atoms with E-state index in [2.05, 4.69) is 5.32 Å². The SMILES string of the molecule is Cc1ccc(C(=O)CN2C(=O)NC(C)(c3ccc4c(c3)OCCCO4)C2=O)s1. The predicted octanol–water partition coefficient (Wildman–Crippen LogP) is 2.87. The van der Waals surface area contributed by atoms with Crippen molar-refractivity contribution in [1.82, 2.24) is 10.2 Å². The molecule has 0 radical (unpaired) electrons. The average molecular weight is 400 g/mol. The quantitative estimate of drug-likeness (QED) is 0.630. The molecule has 1 atom stereocenters. The molecule has 146 valence electrons. The van der Waals surface area contributed by atoms with E-state index in [9.17, 15) is 14.4 Å². The number of urea groups is 1. The molecule has 1 aromatic heterocycles. The molecule has 1 unspecified atom stereocenters. The molecule has 28 heavy (non-hydrogen) atoms. The number of carbonyl (C=O) groups excluding carboxylic acids is 3. The third-order valence-electron chi connectivity index (χ3n) is 4.92. The van der Waals surface area contributed by atoms with Gasteiger partial charge in [0.1, 0.15) is 5.54 Å². The van der Waals surface area contributed by atoms with Gasteiger partial charge in [0.2, 0.25) is 0 Å². The molecule has 1 N–H and O–H groups in total. The van der Waals surface area contributed by atoms with Crippen LogP contribution in [0.4, 0.5) is 4.79 Å². The number of ether oxygens (including phenoxy) is 2. The first-order valence-electron chi connectivity index (χ1n) is 9.02. The number of amides is 3. The summed E-state index contributed by atoms with van der Waals surface area (Å²) >= 11 is 1.35. The highest BCUT2D eigenvalue weighted by atomic mass is 32.1. The lowest BCUT2D eigenvalue weighted by Crippen LogP contribution is -2.41. The standard InChI is InChI=1S/C20H20N2O5S/c1-12-4-7-17(28-12)14(23)11-22-18(24)20(2,21-19(22)25)13-5-6-15-16(10-13)27-9-3-8-26-15/h4-7,10H,3,8-9,11H2,1-2H3,(H,21,25). The van der Waals surface area contributed by atoms with Crippen molar-refractivity contribution in [2.24, 2.45) is 0 Å². The minimum Gasteiger partial charge on any atom is -0.490 e. The fourth-order valence-electron chi connectivity index (χ4n) is 3.32. The van der Waals surface area contributed by atoms with Crippen molar-refractivity contribution in [1.29, 1.82) is 0 Å². The number of nitrogens with zero attached hydrogens (tertiary/aromatic N) is 1. The molecule has 0 spiro atoms. The summed E-state index contributed by atoms with van der Waals surface area (Å²) < 4.78 is 11.3. The van der Waals surface area contributed by atoms with E-state index in [-0.39, 0.29) is 12.3 Å². The smallest absolute Gasteiger partial charge is 0.325 e. The number of Topliss-reactive ketones (excluding diaryl/α,β-unsaturated/α-hetero) is 1. The van der Waals surface area contributed by atoms with E-state index in [1.807, 2.05) is 13.0 Å². The highest BCUT2D eigenvalue weighted by Crippen LogP contribution is 2.36. The monoisotopic (exact) mass is 400 g/mol. The summed E-state index contributed by atoms with van der Waals surface area (Å²) in [5, 5.41) is 2.72. The zero-order valence-corrected chi connectivity index (χ0v) is 16.4. The Balaban J connectivity index is 1.59. The lowest BCUT2D eigenvalue weighted by molar-refractivity contribution is -0.130. The normalized spacial score (nSPS) is 21.4. The predicted molar refractivity (Wildman–Crippen MR) is 103 cm³/mol. The zero-order valence-electron chi connectivity index (χ0n) is 15.6. The molecule has 1 aromatic carbocycles. The molecule has 0 bridgehead atoms. The van der Waals surface area contributed by atoms with E-state index >= 15 is 0 Å². The van der Waals surface area contributed by atoms with Gasteiger partial charge in [0, 0.05) is 11.3 Å². The van der Waals surface area contributed by atoms with Gasteiger partial charge in [0.25, 0.3) is 5.91 Å². The van der Waals surface area contributed by atoms with Crippen molar-refractivity contribution in [3.05, 3.63) is 45.6 Å². The number of hydrogen-bond donors (Lipinski definition) is 1. The first-order valence-corrected chi connectivity index (χ1v) is 9.84. The Bertz CT molecular complexity index is 969. The van der Waals surface area contributed by atoms with Gasteiger partial charge in [-0.25, -0.2) is 4.79 Å². The van der Waals surface area contributed by atoms with Gasteiger partial charge in [0.15, 0.2) is 17.3 Å². The lowest BCUT2D eigenvalue weighted by Gasteiger charge is -2.23. The summed E-state index contributed by atoms with van der Waals surface area (Å²) in [7, 11) is 0. The fourth-order valence-corrected chi connectivity index (χ4v) is 4.11. The second kappa shape index (κ2) is 6.94. The highest BCUT2D eigenvalue weighted by Gasteiger charge is 2.49. The van der Waals surface area contributed by atoms with E-state index in [1.165, 1.54) is 11.3 Å². The molecule has 7 nitrogen and oxygen atoms in total. The highest BCUT2D eigenvalue weighted by molar-refractivity contribution is 7.14. The van der Waals surface area contributed by atoms with Crippen molar-refractivity contribution in [3.63, 3.8) is 0 Å². The summed E-state index contributed by atoms with van der Waals surface area (Å²) in [5.74, 6) is 0.432. The topological polar surface area (TPSA) is 84.9 Å². The van der Waals surface area contributed by atoms with Crippen molar-refractivity contribution in [2.75, 3.05) is 19.8 Å². The summed E-state index contributed by atoms with van der Waals surface area (Å²) in [6, 6.07) is 8.16. The van der Waals surface area contributed by atoms with Crippen molar-refractivity contribution in [2.45, 2.75) is 25.8 Å². The van der Waals surface area contributed by atoms with Crippen LogP contribution in [0.2, 0.25) is 0 Å². The maximum Gasteiger partial charge on any atom is 0.325 e. The number of imide groups is 1. The maximum absolute atomic E-state index is 13.1. The number of benzene rings is 1. The molecular weight excluding hydrogens is 380 g/mol. The second-order valence-electron chi connectivity index (χ2n) is 6.99. The first-order chi connectivity index (χ1) is 13.4. The van der Waals surface area contributed by atoms with Crippen LogP contribution < -0.4 is 14.8 Å².